The van der Waals surface area contributed by atoms with Crippen molar-refractivity contribution in [1.82, 2.24) is 36.9 Å². The van der Waals surface area contributed by atoms with Gasteiger partial charge in [0, 0.05) is 29.9 Å². The maximum atomic E-state index is 14.3. The summed E-state index contributed by atoms with van der Waals surface area (Å²) in [7, 11) is 0. The Bertz CT molecular complexity index is 1740. The first kappa shape index (κ1) is 39.6. The van der Waals surface area contributed by atoms with Gasteiger partial charge in [-0.1, -0.05) is 90.1 Å². The fourth-order valence-electron chi connectivity index (χ4n) is 6.27. The topological polar surface area (TPSA) is 190 Å². The van der Waals surface area contributed by atoms with E-state index in [0.29, 0.717) is 0 Å². The normalized spacial score (nSPS) is 24.4. The van der Waals surface area contributed by atoms with Gasteiger partial charge in [0.2, 0.25) is 35.4 Å². The molecule has 6 amide bonds. The van der Waals surface area contributed by atoms with Crippen molar-refractivity contribution in [3.8, 4) is 0 Å². The average molecular weight is 716 g/mol. The third kappa shape index (κ3) is 10.4. The Morgan fingerprint density at radius 2 is 1.04 bits per heavy atom. The molecule has 1 fully saturated rings. The summed E-state index contributed by atoms with van der Waals surface area (Å²) in [6.45, 7) is 12.3. The lowest BCUT2D eigenvalue weighted by molar-refractivity contribution is -0.137. The minimum absolute atomic E-state index is 0.0149. The van der Waals surface area contributed by atoms with E-state index in [2.05, 4.69) is 36.9 Å². The molecule has 3 aromatic rings. The largest absolute Gasteiger partial charge is 0.361 e. The highest BCUT2D eigenvalue weighted by molar-refractivity contribution is 5.98. The highest BCUT2D eigenvalue weighted by Crippen LogP contribution is 2.20. The molecule has 0 spiro atoms. The fraction of sp³-hybridized carbons (Fsp3) is 0.487. The first-order chi connectivity index (χ1) is 24.6. The Balaban J connectivity index is 1.78. The number of rotatable bonds is 8. The van der Waals surface area contributed by atoms with E-state index in [-0.39, 0.29) is 31.1 Å². The second-order valence-electron chi connectivity index (χ2n) is 14.8. The van der Waals surface area contributed by atoms with Gasteiger partial charge in [0.25, 0.3) is 0 Å². The zero-order chi connectivity index (χ0) is 38.1. The van der Waals surface area contributed by atoms with Crippen molar-refractivity contribution in [1.29, 1.82) is 0 Å². The van der Waals surface area contributed by atoms with Crippen LogP contribution in [0, 0.1) is 17.8 Å². The minimum atomic E-state index is -1.16. The lowest BCUT2D eigenvalue weighted by Gasteiger charge is -2.30. The van der Waals surface area contributed by atoms with Gasteiger partial charge >= 0.3 is 0 Å². The molecule has 1 aliphatic rings. The lowest BCUT2D eigenvalue weighted by atomic mass is 9.97. The molecule has 4 rings (SSSR count). The first-order valence-corrected chi connectivity index (χ1v) is 18.1. The molecular weight excluding hydrogens is 662 g/mol. The van der Waals surface area contributed by atoms with Crippen LogP contribution in [0.15, 0.2) is 60.8 Å². The van der Waals surface area contributed by atoms with Crippen LogP contribution in [0.25, 0.3) is 10.9 Å². The van der Waals surface area contributed by atoms with Crippen LogP contribution in [0.2, 0.25) is 0 Å². The fourth-order valence-corrected chi connectivity index (χ4v) is 6.27. The number of aromatic amines is 1. The second-order valence-corrected chi connectivity index (χ2v) is 14.8. The average Bonchev–Trinajstić information content (AvgIpc) is 3.50. The maximum Gasteiger partial charge on any atom is 0.243 e. The number of carbonyl (C=O) groups excluding carboxylic acids is 6. The molecule has 1 aromatic heterocycles. The lowest BCUT2D eigenvalue weighted by Crippen LogP contribution is -2.62. The molecule has 280 valence electrons. The van der Waals surface area contributed by atoms with Crippen molar-refractivity contribution in [3.05, 3.63) is 71.9 Å². The molecule has 0 aliphatic carbocycles. The third-order valence-corrected chi connectivity index (χ3v) is 9.23. The van der Waals surface area contributed by atoms with Crippen LogP contribution in [0.1, 0.15) is 66.0 Å². The number of aromatic nitrogens is 1. The first-order valence-electron chi connectivity index (χ1n) is 18.1. The van der Waals surface area contributed by atoms with Gasteiger partial charge in [0.1, 0.15) is 36.3 Å². The van der Waals surface area contributed by atoms with E-state index in [4.69, 9.17) is 0 Å². The molecule has 13 nitrogen and oxygen atoms in total. The molecule has 52 heavy (non-hydrogen) atoms. The number of nitrogens with one attached hydrogen (secondary N) is 7. The molecule has 0 saturated carbocycles. The summed E-state index contributed by atoms with van der Waals surface area (Å²) in [4.78, 5) is 86.3. The molecule has 2 aromatic carbocycles. The summed E-state index contributed by atoms with van der Waals surface area (Å²) in [5.74, 6) is -4.36. The SMILES string of the molecule is CC(C)C[C@H]1NC(=O)[C@H](Cc2ccccc2)NC(=O)[C@H](Cc2c[nH]c3ccccc23)NC(=O)[C@@H](C(C)C)NC(=O)[C@H](C(C)C)NC(=O)[C@@H](C)NC1=O. The maximum absolute atomic E-state index is 14.3. The van der Waals surface area contributed by atoms with Gasteiger partial charge in [-0.25, -0.2) is 0 Å². The zero-order valence-corrected chi connectivity index (χ0v) is 31.0. The molecular formula is C39H53N7O6. The van der Waals surface area contributed by atoms with Crippen LogP contribution in [0.5, 0.6) is 0 Å². The van der Waals surface area contributed by atoms with Crippen LogP contribution in [-0.2, 0) is 41.6 Å². The van der Waals surface area contributed by atoms with E-state index in [1.807, 2.05) is 68.4 Å². The van der Waals surface area contributed by atoms with E-state index >= 15 is 0 Å². The number of para-hydroxylation sites is 1. The summed E-state index contributed by atoms with van der Waals surface area (Å²) in [5, 5.41) is 17.6. The summed E-state index contributed by atoms with van der Waals surface area (Å²) >= 11 is 0. The molecule has 1 saturated heterocycles. The van der Waals surface area contributed by atoms with Crippen LogP contribution < -0.4 is 31.9 Å². The standard InChI is InChI=1S/C39H53N7O6/c1-21(2)17-29-35(48)41-24(7)34(47)45-33(23(5)6)39(52)46-32(22(3)4)38(51)44-31(19-26-20-40-28-16-12-11-15-27(26)28)37(50)43-30(36(49)42-29)18-25-13-9-8-10-14-25/h8-16,20-24,29-33,40H,17-19H2,1-7H3,(H,41,48)(H,42,49)(H,43,50)(H,44,51)(H,45,47)(H,46,52)/t24-,29-,30+,31+,32-,33+/m1/s1. The number of benzene rings is 2. The minimum Gasteiger partial charge on any atom is -0.361 e. The zero-order valence-electron chi connectivity index (χ0n) is 31.0. The second kappa shape index (κ2) is 17.8. The van der Waals surface area contributed by atoms with Crippen LogP contribution in [-0.4, -0.2) is 76.7 Å². The Kier molecular flexibility index (Phi) is 13.6. The van der Waals surface area contributed by atoms with Crippen molar-refractivity contribution in [2.24, 2.45) is 17.8 Å². The van der Waals surface area contributed by atoms with Crippen molar-refractivity contribution in [2.45, 2.75) is 104 Å². The van der Waals surface area contributed by atoms with E-state index in [1.165, 1.54) is 6.92 Å². The highest BCUT2D eigenvalue weighted by atomic mass is 16.2. The Morgan fingerprint density at radius 3 is 1.65 bits per heavy atom. The highest BCUT2D eigenvalue weighted by Gasteiger charge is 2.36. The molecule has 7 N–H and O–H groups in total. The van der Waals surface area contributed by atoms with Crippen LogP contribution >= 0.6 is 0 Å². The van der Waals surface area contributed by atoms with Gasteiger partial charge in [0.05, 0.1) is 0 Å². The molecule has 0 bridgehead atoms. The number of fused-ring (bicyclic) bond motifs is 1. The molecule has 6 atom stereocenters. The van der Waals surface area contributed by atoms with Gasteiger partial charge in [-0.3, -0.25) is 28.8 Å². The predicted octanol–water partition coefficient (Wildman–Crippen LogP) is 2.25. The quantitative estimate of drug-likeness (QED) is 0.187. The summed E-state index contributed by atoms with van der Waals surface area (Å²) in [6, 6.07) is 10.2. The summed E-state index contributed by atoms with van der Waals surface area (Å²) in [6.07, 6.45) is 2.20. The molecule has 0 radical (unpaired) electrons. The van der Waals surface area contributed by atoms with Crippen molar-refractivity contribution >= 4 is 46.3 Å². The van der Waals surface area contributed by atoms with Crippen LogP contribution in [0.3, 0.4) is 0 Å². The van der Waals surface area contributed by atoms with Crippen molar-refractivity contribution in [2.75, 3.05) is 0 Å². The number of hydrogen-bond donors (Lipinski definition) is 7. The monoisotopic (exact) mass is 715 g/mol. The van der Waals surface area contributed by atoms with Gasteiger partial charge in [-0.15, -0.1) is 0 Å². The Hall–Kier alpha value is -5.20. The Labute approximate surface area is 305 Å². The predicted molar refractivity (Wildman–Crippen MR) is 199 cm³/mol. The summed E-state index contributed by atoms with van der Waals surface area (Å²) in [5.41, 5.74) is 2.38. The summed E-state index contributed by atoms with van der Waals surface area (Å²) < 4.78 is 0. The van der Waals surface area contributed by atoms with Gasteiger partial charge in [-0.2, -0.15) is 0 Å². The van der Waals surface area contributed by atoms with E-state index in [9.17, 15) is 28.8 Å². The van der Waals surface area contributed by atoms with Gasteiger partial charge in [0.15, 0.2) is 0 Å². The third-order valence-electron chi connectivity index (χ3n) is 9.23. The van der Waals surface area contributed by atoms with Crippen molar-refractivity contribution in [3.63, 3.8) is 0 Å². The van der Waals surface area contributed by atoms with E-state index in [1.54, 1.807) is 33.9 Å². The molecule has 0 unspecified atom stereocenters. The molecule has 2 heterocycles. The van der Waals surface area contributed by atoms with Gasteiger partial charge in [-0.05, 0) is 48.3 Å². The van der Waals surface area contributed by atoms with E-state index < -0.39 is 77.6 Å². The molecule has 13 heteroatoms. The number of hydrogen-bond acceptors (Lipinski definition) is 6. The number of carbonyl (C=O) groups is 6. The Morgan fingerprint density at radius 1 is 0.538 bits per heavy atom. The number of amides is 6. The molecule has 1 aliphatic heterocycles. The van der Waals surface area contributed by atoms with Crippen molar-refractivity contribution < 1.29 is 28.8 Å². The van der Waals surface area contributed by atoms with Crippen LogP contribution in [0.4, 0.5) is 0 Å². The number of H-pyrrole nitrogens is 1. The smallest absolute Gasteiger partial charge is 0.243 e. The van der Waals surface area contributed by atoms with Gasteiger partial charge < -0.3 is 36.9 Å². The van der Waals surface area contributed by atoms with E-state index in [0.717, 1.165) is 22.0 Å².